The van der Waals surface area contributed by atoms with Crippen LogP contribution in [-0.4, -0.2) is 12.5 Å². The molecule has 0 aliphatic rings. The number of carbonyl (C=O) groups is 1. The highest BCUT2D eigenvalue weighted by atomic mass is 35.5. The van der Waals surface area contributed by atoms with Crippen molar-refractivity contribution in [3.8, 4) is 5.75 Å². The van der Waals surface area contributed by atoms with Crippen LogP contribution < -0.4 is 10.1 Å². The maximum Gasteiger partial charge on any atom is 0.258 e. The maximum absolute atomic E-state index is 12.4. The maximum atomic E-state index is 12.4. The number of halogens is 2. The van der Waals surface area contributed by atoms with E-state index in [1.54, 1.807) is 29.5 Å². The number of benzene rings is 2. The Morgan fingerprint density at radius 3 is 2.36 bits per heavy atom. The average molecular weight is 392 g/mol. The van der Waals surface area contributed by atoms with Crippen LogP contribution in [0.5, 0.6) is 5.75 Å². The van der Waals surface area contributed by atoms with Gasteiger partial charge in [-0.15, -0.1) is 11.3 Å². The van der Waals surface area contributed by atoms with Gasteiger partial charge in [-0.05, 0) is 29.1 Å². The third-order valence-corrected chi connectivity index (χ3v) is 5.06. The van der Waals surface area contributed by atoms with Crippen LogP contribution in [0.1, 0.15) is 16.5 Å². The first kappa shape index (κ1) is 17.8. The van der Waals surface area contributed by atoms with Gasteiger partial charge < -0.3 is 10.1 Å². The molecule has 25 heavy (non-hydrogen) atoms. The largest absolute Gasteiger partial charge is 0.481 e. The molecule has 0 aliphatic heterocycles. The highest BCUT2D eigenvalue weighted by Crippen LogP contribution is 2.32. The molecule has 1 amide bonds. The highest BCUT2D eigenvalue weighted by molar-refractivity contribution is 7.10. The van der Waals surface area contributed by atoms with E-state index in [1.807, 2.05) is 47.8 Å². The summed E-state index contributed by atoms with van der Waals surface area (Å²) in [5.41, 5.74) is 1.01. The topological polar surface area (TPSA) is 38.3 Å². The summed E-state index contributed by atoms with van der Waals surface area (Å²) in [6, 6.07) is 18.6. The van der Waals surface area contributed by atoms with E-state index < -0.39 is 0 Å². The molecule has 1 heterocycles. The van der Waals surface area contributed by atoms with Gasteiger partial charge in [-0.2, -0.15) is 0 Å². The highest BCUT2D eigenvalue weighted by Gasteiger charge is 2.18. The normalized spacial score (nSPS) is 11.8. The van der Waals surface area contributed by atoms with E-state index in [0.29, 0.717) is 15.8 Å². The van der Waals surface area contributed by atoms with Gasteiger partial charge in [-0.25, -0.2) is 0 Å². The van der Waals surface area contributed by atoms with Gasteiger partial charge in [0.05, 0.1) is 16.1 Å². The number of para-hydroxylation sites is 1. The number of nitrogens with one attached hydrogen (secondary N) is 1. The van der Waals surface area contributed by atoms with Crippen molar-refractivity contribution < 1.29 is 9.53 Å². The van der Waals surface area contributed by atoms with Gasteiger partial charge in [0.1, 0.15) is 0 Å². The quantitative estimate of drug-likeness (QED) is 0.615. The van der Waals surface area contributed by atoms with Gasteiger partial charge >= 0.3 is 0 Å². The van der Waals surface area contributed by atoms with Crippen LogP contribution in [0.4, 0.5) is 0 Å². The number of carbonyl (C=O) groups excluding carboxylic acids is 1. The van der Waals surface area contributed by atoms with Crippen molar-refractivity contribution in [3.63, 3.8) is 0 Å². The lowest BCUT2D eigenvalue weighted by Crippen LogP contribution is -2.33. The minimum Gasteiger partial charge on any atom is -0.481 e. The van der Waals surface area contributed by atoms with E-state index in [9.17, 15) is 4.79 Å². The van der Waals surface area contributed by atoms with Crippen LogP contribution in [0.25, 0.3) is 0 Å². The van der Waals surface area contributed by atoms with Crippen LogP contribution in [0.15, 0.2) is 66.0 Å². The molecule has 0 bridgehead atoms. The lowest BCUT2D eigenvalue weighted by atomic mass is 10.1. The molecule has 6 heteroatoms. The Kier molecular flexibility index (Phi) is 5.97. The van der Waals surface area contributed by atoms with Crippen molar-refractivity contribution in [2.45, 2.75) is 6.04 Å². The predicted octanol–water partition coefficient (Wildman–Crippen LogP) is 5.34. The standard InChI is InChI=1S/C19H15Cl2NO2S/c20-14-8-4-9-15(21)19(14)24-12-17(23)22-18(16-10-5-11-25-16)13-6-2-1-3-7-13/h1-11,18H,12H2,(H,22,23)/t18-/m0/s1. The third kappa shape index (κ3) is 4.54. The van der Waals surface area contributed by atoms with E-state index >= 15 is 0 Å². The number of hydrogen-bond donors (Lipinski definition) is 1. The van der Waals surface area contributed by atoms with E-state index in [0.717, 1.165) is 10.4 Å². The molecule has 0 spiro atoms. The number of rotatable bonds is 6. The second kappa shape index (κ2) is 8.39. The average Bonchev–Trinajstić information content (AvgIpc) is 3.14. The van der Waals surface area contributed by atoms with Crippen LogP contribution in [0, 0.1) is 0 Å². The molecule has 0 saturated carbocycles. The Hall–Kier alpha value is -2.01. The van der Waals surface area contributed by atoms with Crippen LogP contribution in [-0.2, 0) is 4.79 Å². The third-order valence-electron chi connectivity index (χ3n) is 3.53. The second-order valence-corrected chi connectivity index (χ2v) is 7.06. The Labute approximate surface area is 160 Å². The first-order valence-corrected chi connectivity index (χ1v) is 9.23. The van der Waals surface area contributed by atoms with Crippen LogP contribution >= 0.6 is 34.5 Å². The van der Waals surface area contributed by atoms with Gasteiger partial charge in [0.2, 0.25) is 0 Å². The SMILES string of the molecule is O=C(COc1c(Cl)cccc1Cl)N[C@@H](c1ccccc1)c1cccs1. The summed E-state index contributed by atoms with van der Waals surface area (Å²) in [7, 11) is 0. The molecule has 0 fully saturated rings. The summed E-state index contributed by atoms with van der Waals surface area (Å²) in [6.07, 6.45) is 0. The smallest absolute Gasteiger partial charge is 0.258 e. The van der Waals surface area contributed by atoms with Crippen LogP contribution in [0.2, 0.25) is 10.0 Å². The fourth-order valence-electron chi connectivity index (χ4n) is 2.38. The summed E-state index contributed by atoms with van der Waals surface area (Å²) in [5, 5.41) is 5.74. The minimum absolute atomic E-state index is 0.168. The number of thiophene rings is 1. The molecular weight excluding hydrogens is 377 g/mol. The molecule has 2 aromatic carbocycles. The van der Waals surface area contributed by atoms with Gasteiger partial charge in [-0.3, -0.25) is 4.79 Å². The molecule has 1 aromatic heterocycles. The zero-order valence-electron chi connectivity index (χ0n) is 13.1. The Balaban J connectivity index is 1.71. The molecule has 3 rings (SSSR count). The van der Waals surface area contributed by atoms with Gasteiger partial charge in [0.25, 0.3) is 5.91 Å². The number of amides is 1. The monoisotopic (exact) mass is 391 g/mol. The predicted molar refractivity (Wildman–Crippen MR) is 103 cm³/mol. The van der Waals surface area contributed by atoms with Crippen molar-refractivity contribution in [1.82, 2.24) is 5.32 Å². The fourth-order valence-corrected chi connectivity index (χ4v) is 3.69. The molecule has 0 radical (unpaired) electrons. The first-order chi connectivity index (χ1) is 12.1. The summed E-state index contributed by atoms with van der Waals surface area (Å²) >= 11 is 13.7. The summed E-state index contributed by atoms with van der Waals surface area (Å²) in [5.74, 6) is 0.0617. The lowest BCUT2D eigenvalue weighted by molar-refractivity contribution is -0.123. The van der Waals surface area contributed by atoms with Gasteiger partial charge in [-0.1, -0.05) is 65.7 Å². The van der Waals surface area contributed by atoms with E-state index in [4.69, 9.17) is 27.9 Å². The molecule has 0 aliphatic carbocycles. The van der Waals surface area contributed by atoms with Crippen molar-refractivity contribution in [2.24, 2.45) is 0 Å². The molecule has 3 nitrogen and oxygen atoms in total. The van der Waals surface area contributed by atoms with Gasteiger partial charge in [0, 0.05) is 4.88 Å². The number of hydrogen-bond acceptors (Lipinski definition) is 3. The van der Waals surface area contributed by atoms with E-state index in [2.05, 4.69) is 5.32 Å². The first-order valence-electron chi connectivity index (χ1n) is 7.59. The van der Waals surface area contributed by atoms with E-state index in [1.165, 1.54) is 0 Å². The zero-order chi connectivity index (χ0) is 17.6. The molecular formula is C19H15Cl2NO2S. The minimum atomic E-state index is -0.252. The Morgan fingerprint density at radius 2 is 1.72 bits per heavy atom. The fraction of sp³-hybridized carbons (Fsp3) is 0.105. The molecule has 128 valence electrons. The van der Waals surface area contributed by atoms with Gasteiger partial charge in [0.15, 0.2) is 12.4 Å². The number of ether oxygens (including phenoxy) is 1. The van der Waals surface area contributed by atoms with Crippen molar-refractivity contribution in [2.75, 3.05) is 6.61 Å². The second-order valence-electron chi connectivity index (χ2n) is 5.27. The molecule has 1 N–H and O–H groups in total. The Bertz CT molecular complexity index is 818. The molecule has 0 saturated heterocycles. The summed E-state index contributed by atoms with van der Waals surface area (Å²) in [4.78, 5) is 13.5. The zero-order valence-corrected chi connectivity index (χ0v) is 15.4. The molecule has 3 aromatic rings. The van der Waals surface area contributed by atoms with Crippen molar-refractivity contribution in [3.05, 3.63) is 86.5 Å². The van der Waals surface area contributed by atoms with E-state index in [-0.39, 0.29) is 18.6 Å². The lowest BCUT2D eigenvalue weighted by Gasteiger charge is -2.18. The van der Waals surface area contributed by atoms with Crippen molar-refractivity contribution >= 4 is 40.4 Å². The molecule has 0 unspecified atom stereocenters. The Morgan fingerprint density at radius 1 is 1.00 bits per heavy atom. The van der Waals surface area contributed by atoms with Crippen molar-refractivity contribution in [1.29, 1.82) is 0 Å². The van der Waals surface area contributed by atoms with Crippen LogP contribution in [0.3, 0.4) is 0 Å². The summed E-state index contributed by atoms with van der Waals surface area (Å²) in [6.45, 7) is -0.168. The summed E-state index contributed by atoms with van der Waals surface area (Å²) < 4.78 is 5.51. The molecule has 1 atom stereocenters.